The van der Waals surface area contributed by atoms with Crippen molar-refractivity contribution < 1.29 is 0 Å². The molecule has 0 bridgehead atoms. The normalized spacial score (nSPS) is 11.4. The number of nitrogens with zero attached hydrogens (tertiary/aromatic N) is 2. The minimum atomic E-state index is 1.00. The first-order valence-electron chi connectivity index (χ1n) is 5.33. The largest absolute Gasteiger partial charge is 0.158 e. The number of halogens is 2. The molecule has 0 aliphatic rings. The Hall–Kier alpha value is -1.26. The average Bonchev–Trinajstić information content (AvgIpc) is 2.38. The molecule has 0 aliphatic heterocycles. The number of rotatable bonds is 3. The summed E-state index contributed by atoms with van der Waals surface area (Å²) in [6, 6.07) is 15.7. The van der Waals surface area contributed by atoms with E-state index in [2.05, 4.69) is 42.1 Å². The van der Waals surface area contributed by atoms with Crippen LogP contribution in [0.25, 0.3) is 0 Å². The van der Waals surface area contributed by atoms with Crippen LogP contribution in [0.1, 0.15) is 11.1 Å². The quantitative estimate of drug-likeness (QED) is 0.558. The fourth-order valence-corrected chi connectivity index (χ4v) is 2.12. The van der Waals surface area contributed by atoms with Crippen molar-refractivity contribution in [2.24, 2.45) is 10.2 Å². The van der Waals surface area contributed by atoms with E-state index in [0.717, 1.165) is 20.1 Å². The van der Waals surface area contributed by atoms with Gasteiger partial charge in [0.15, 0.2) is 0 Å². The second-order valence-electron chi connectivity index (χ2n) is 3.53. The predicted octanol–water partition coefficient (Wildman–Crippen LogP) is 4.66. The van der Waals surface area contributed by atoms with E-state index in [-0.39, 0.29) is 0 Å². The van der Waals surface area contributed by atoms with Crippen LogP contribution in [0.3, 0.4) is 0 Å². The van der Waals surface area contributed by atoms with Gasteiger partial charge in [0.25, 0.3) is 0 Å². The lowest BCUT2D eigenvalue weighted by atomic mass is 10.2. The summed E-state index contributed by atoms with van der Waals surface area (Å²) >= 11 is 6.91. The molecule has 4 heteroatoms. The lowest BCUT2D eigenvalue weighted by Gasteiger charge is -1.95. The van der Waals surface area contributed by atoms with E-state index >= 15 is 0 Å². The number of benzene rings is 2. The molecule has 0 saturated carbocycles. The molecule has 0 saturated heterocycles. The van der Waals surface area contributed by atoms with Crippen LogP contribution in [0.15, 0.2) is 67.7 Å². The molecule has 18 heavy (non-hydrogen) atoms. The second kappa shape index (κ2) is 6.61. The van der Waals surface area contributed by atoms with Crippen LogP contribution < -0.4 is 0 Å². The monoisotopic (exact) mass is 364 g/mol. The Labute approximate surface area is 123 Å². The van der Waals surface area contributed by atoms with E-state index in [0.29, 0.717) is 0 Å². The third kappa shape index (κ3) is 3.62. The first kappa shape index (κ1) is 13.2. The SMILES string of the molecule is Brc1ccccc1/C=N\N=C/c1ccccc1Br. The third-order valence-corrected chi connectivity index (χ3v) is 3.72. The molecular weight excluding hydrogens is 356 g/mol. The van der Waals surface area contributed by atoms with Crippen LogP contribution in [0.5, 0.6) is 0 Å². The van der Waals surface area contributed by atoms with Crippen LogP contribution in [0.2, 0.25) is 0 Å². The van der Waals surface area contributed by atoms with Crippen molar-refractivity contribution in [2.45, 2.75) is 0 Å². The third-order valence-electron chi connectivity index (χ3n) is 2.27. The average molecular weight is 366 g/mol. The zero-order chi connectivity index (χ0) is 12.8. The van der Waals surface area contributed by atoms with E-state index in [1.807, 2.05) is 48.5 Å². The summed E-state index contributed by atoms with van der Waals surface area (Å²) in [7, 11) is 0. The van der Waals surface area contributed by atoms with Crippen LogP contribution in [-0.4, -0.2) is 12.4 Å². The molecular formula is C14H10Br2N2. The van der Waals surface area contributed by atoms with Gasteiger partial charge >= 0.3 is 0 Å². The van der Waals surface area contributed by atoms with Gasteiger partial charge in [-0.2, -0.15) is 10.2 Å². The van der Waals surface area contributed by atoms with E-state index in [9.17, 15) is 0 Å². The Morgan fingerprint density at radius 1 is 0.667 bits per heavy atom. The molecule has 0 heterocycles. The van der Waals surface area contributed by atoms with Crippen molar-refractivity contribution in [3.63, 3.8) is 0 Å². The molecule has 2 aromatic carbocycles. The van der Waals surface area contributed by atoms with Gasteiger partial charge in [-0.15, -0.1) is 0 Å². The highest BCUT2D eigenvalue weighted by Gasteiger charge is 1.94. The molecule has 0 aromatic heterocycles. The Balaban J connectivity index is 2.08. The van der Waals surface area contributed by atoms with Gasteiger partial charge in [-0.25, -0.2) is 0 Å². The number of hydrogen-bond acceptors (Lipinski definition) is 2. The standard InChI is InChI=1S/C14H10Br2N2/c15-13-7-3-1-5-11(13)9-17-18-10-12-6-2-4-8-14(12)16/h1-10H/b17-9-,18-10-. The molecule has 0 atom stereocenters. The fraction of sp³-hybridized carbons (Fsp3) is 0. The van der Waals surface area contributed by atoms with Gasteiger partial charge < -0.3 is 0 Å². The zero-order valence-electron chi connectivity index (χ0n) is 9.42. The summed E-state index contributed by atoms with van der Waals surface area (Å²) in [5.41, 5.74) is 2.00. The molecule has 0 aliphatic carbocycles. The lowest BCUT2D eigenvalue weighted by Crippen LogP contribution is -1.83. The Kier molecular flexibility index (Phi) is 4.84. The Bertz CT molecular complexity index is 538. The molecule has 0 N–H and O–H groups in total. The van der Waals surface area contributed by atoms with Gasteiger partial charge in [0.1, 0.15) is 0 Å². The van der Waals surface area contributed by atoms with Crippen molar-refractivity contribution in [2.75, 3.05) is 0 Å². The molecule has 2 rings (SSSR count). The minimum absolute atomic E-state index is 1.00. The molecule has 0 radical (unpaired) electrons. The molecule has 2 nitrogen and oxygen atoms in total. The fourth-order valence-electron chi connectivity index (χ4n) is 1.35. The van der Waals surface area contributed by atoms with Gasteiger partial charge in [-0.05, 0) is 12.1 Å². The van der Waals surface area contributed by atoms with Crippen LogP contribution >= 0.6 is 31.9 Å². The van der Waals surface area contributed by atoms with E-state index in [1.165, 1.54) is 0 Å². The van der Waals surface area contributed by atoms with Crippen molar-refractivity contribution in [3.05, 3.63) is 68.6 Å². The molecule has 90 valence electrons. The Morgan fingerprint density at radius 2 is 1.06 bits per heavy atom. The van der Waals surface area contributed by atoms with Crippen LogP contribution in [0, 0.1) is 0 Å². The van der Waals surface area contributed by atoms with Gasteiger partial charge in [0.2, 0.25) is 0 Å². The first-order valence-corrected chi connectivity index (χ1v) is 6.91. The van der Waals surface area contributed by atoms with Gasteiger partial charge in [-0.3, -0.25) is 0 Å². The van der Waals surface area contributed by atoms with Crippen molar-refractivity contribution in [3.8, 4) is 0 Å². The highest BCUT2D eigenvalue weighted by molar-refractivity contribution is 9.10. The highest BCUT2D eigenvalue weighted by atomic mass is 79.9. The van der Waals surface area contributed by atoms with Gasteiger partial charge in [0, 0.05) is 20.1 Å². The number of hydrogen-bond donors (Lipinski definition) is 0. The maximum atomic E-state index is 4.03. The van der Waals surface area contributed by atoms with Crippen molar-refractivity contribution in [1.82, 2.24) is 0 Å². The molecule has 2 aromatic rings. The Morgan fingerprint density at radius 3 is 1.44 bits per heavy atom. The smallest absolute Gasteiger partial charge is 0.0579 e. The molecule has 0 spiro atoms. The maximum absolute atomic E-state index is 4.03. The summed E-state index contributed by atoms with van der Waals surface area (Å²) in [5, 5.41) is 8.06. The molecule has 0 fully saturated rings. The van der Waals surface area contributed by atoms with Crippen molar-refractivity contribution >= 4 is 44.3 Å². The molecule has 0 unspecified atom stereocenters. The first-order chi connectivity index (χ1) is 8.77. The van der Waals surface area contributed by atoms with Crippen LogP contribution in [0.4, 0.5) is 0 Å². The summed E-state index contributed by atoms with van der Waals surface area (Å²) < 4.78 is 2.01. The van der Waals surface area contributed by atoms with Crippen molar-refractivity contribution in [1.29, 1.82) is 0 Å². The maximum Gasteiger partial charge on any atom is 0.0579 e. The highest BCUT2D eigenvalue weighted by Crippen LogP contribution is 2.14. The van der Waals surface area contributed by atoms with E-state index in [4.69, 9.17) is 0 Å². The lowest BCUT2D eigenvalue weighted by molar-refractivity contribution is 1.26. The molecule has 0 amide bonds. The zero-order valence-corrected chi connectivity index (χ0v) is 12.6. The van der Waals surface area contributed by atoms with E-state index in [1.54, 1.807) is 12.4 Å². The topological polar surface area (TPSA) is 24.7 Å². The summed E-state index contributed by atoms with van der Waals surface area (Å²) in [4.78, 5) is 0. The predicted molar refractivity (Wildman–Crippen MR) is 83.5 cm³/mol. The summed E-state index contributed by atoms with van der Waals surface area (Å²) in [6.45, 7) is 0. The van der Waals surface area contributed by atoms with Gasteiger partial charge in [0.05, 0.1) is 12.4 Å². The summed E-state index contributed by atoms with van der Waals surface area (Å²) in [6.07, 6.45) is 3.44. The summed E-state index contributed by atoms with van der Waals surface area (Å²) in [5.74, 6) is 0. The minimum Gasteiger partial charge on any atom is -0.158 e. The van der Waals surface area contributed by atoms with Gasteiger partial charge in [-0.1, -0.05) is 68.3 Å². The van der Waals surface area contributed by atoms with Crippen LogP contribution in [-0.2, 0) is 0 Å². The second-order valence-corrected chi connectivity index (χ2v) is 5.24. The van der Waals surface area contributed by atoms with E-state index < -0.39 is 0 Å².